The van der Waals surface area contributed by atoms with Gasteiger partial charge in [0.2, 0.25) is 0 Å². The maximum absolute atomic E-state index is 13.2. The van der Waals surface area contributed by atoms with Crippen LogP contribution in [0.1, 0.15) is 38.6 Å². The third-order valence-electron chi connectivity index (χ3n) is 6.67. The molecule has 0 aliphatic carbocycles. The van der Waals surface area contributed by atoms with E-state index in [2.05, 4.69) is 60.1 Å². The summed E-state index contributed by atoms with van der Waals surface area (Å²) in [4.78, 5) is 27.0. The second kappa shape index (κ2) is 9.26. The van der Waals surface area contributed by atoms with Gasteiger partial charge in [0.15, 0.2) is 0 Å². The van der Waals surface area contributed by atoms with E-state index in [4.69, 9.17) is 4.98 Å². The van der Waals surface area contributed by atoms with Gasteiger partial charge in [0.25, 0.3) is 5.91 Å². The zero-order valence-corrected chi connectivity index (χ0v) is 20.1. The lowest BCUT2D eigenvalue weighted by atomic mass is 10.0. The second-order valence-corrected chi connectivity index (χ2v) is 9.16. The first-order chi connectivity index (χ1) is 16.5. The van der Waals surface area contributed by atoms with E-state index in [1.165, 1.54) is 16.7 Å². The van der Waals surface area contributed by atoms with Gasteiger partial charge in [0.1, 0.15) is 11.6 Å². The Labute approximate surface area is 201 Å². The Morgan fingerprint density at radius 1 is 0.824 bits per heavy atom. The maximum atomic E-state index is 13.2. The van der Waals surface area contributed by atoms with Gasteiger partial charge in [-0.2, -0.15) is 0 Å². The van der Waals surface area contributed by atoms with Crippen LogP contribution in [0.3, 0.4) is 0 Å². The third-order valence-corrected chi connectivity index (χ3v) is 6.67. The molecule has 0 radical (unpaired) electrons. The number of piperazine rings is 1. The van der Waals surface area contributed by atoms with E-state index in [9.17, 15) is 4.79 Å². The molecular weight excluding hydrogens is 420 g/mol. The van der Waals surface area contributed by atoms with Gasteiger partial charge < -0.3 is 9.80 Å². The van der Waals surface area contributed by atoms with E-state index in [1.807, 2.05) is 42.2 Å². The van der Waals surface area contributed by atoms with Crippen molar-refractivity contribution in [1.29, 1.82) is 0 Å². The van der Waals surface area contributed by atoms with Crippen LogP contribution in [0.15, 0.2) is 66.7 Å². The Morgan fingerprint density at radius 2 is 1.53 bits per heavy atom. The van der Waals surface area contributed by atoms with Crippen LogP contribution in [0.25, 0.3) is 10.8 Å². The molecule has 34 heavy (non-hydrogen) atoms. The molecule has 0 bridgehead atoms. The second-order valence-electron chi connectivity index (χ2n) is 9.16. The van der Waals surface area contributed by atoms with Gasteiger partial charge in [-0.1, -0.05) is 60.2 Å². The highest BCUT2D eigenvalue weighted by Gasteiger charge is 2.25. The molecule has 1 fully saturated rings. The minimum atomic E-state index is 0.0975. The quantitative estimate of drug-likeness (QED) is 0.434. The smallest absolute Gasteiger partial charge is 0.253 e. The van der Waals surface area contributed by atoms with Crippen molar-refractivity contribution < 1.29 is 4.79 Å². The topological polar surface area (TPSA) is 49.3 Å². The van der Waals surface area contributed by atoms with Gasteiger partial charge in [-0.3, -0.25) is 4.79 Å². The highest BCUT2D eigenvalue weighted by atomic mass is 16.2. The lowest BCUT2D eigenvalue weighted by Crippen LogP contribution is -2.49. The normalized spacial score (nSPS) is 14.0. The Morgan fingerprint density at radius 3 is 2.26 bits per heavy atom. The van der Waals surface area contributed by atoms with Gasteiger partial charge in [-0.05, 0) is 49.2 Å². The van der Waals surface area contributed by atoms with Crippen LogP contribution >= 0.6 is 0 Å². The average Bonchev–Trinajstić information content (AvgIpc) is 2.86. The molecule has 1 aromatic heterocycles. The number of carbonyl (C=O) groups is 1. The number of hydrogen-bond donors (Lipinski definition) is 0. The largest absolute Gasteiger partial charge is 0.353 e. The molecule has 2 heterocycles. The first-order valence-corrected chi connectivity index (χ1v) is 11.9. The van der Waals surface area contributed by atoms with Crippen molar-refractivity contribution in [3.05, 3.63) is 101 Å². The van der Waals surface area contributed by atoms with E-state index in [0.717, 1.165) is 53.2 Å². The molecule has 0 atom stereocenters. The van der Waals surface area contributed by atoms with E-state index in [0.29, 0.717) is 13.1 Å². The number of aryl methyl sites for hydroxylation is 3. The summed E-state index contributed by atoms with van der Waals surface area (Å²) in [6, 6.07) is 22.8. The van der Waals surface area contributed by atoms with Crippen LogP contribution in [0, 0.1) is 20.8 Å². The molecule has 1 aliphatic heterocycles. The zero-order valence-electron chi connectivity index (χ0n) is 20.1. The predicted molar refractivity (Wildman–Crippen MR) is 138 cm³/mol. The van der Waals surface area contributed by atoms with Crippen molar-refractivity contribution in [2.75, 3.05) is 31.1 Å². The number of nitrogens with zero attached hydrogens (tertiary/aromatic N) is 4. The summed E-state index contributed by atoms with van der Waals surface area (Å²) < 4.78 is 0. The molecule has 0 unspecified atom stereocenters. The zero-order chi connectivity index (χ0) is 23.7. The van der Waals surface area contributed by atoms with Crippen LogP contribution < -0.4 is 4.90 Å². The summed E-state index contributed by atoms with van der Waals surface area (Å²) in [5.74, 6) is 1.89. The number of hydrogen-bond acceptors (Lipinski definition) is 4. The number of rotatable bonds is 4. The summed E-state index contributed by atoms with van der Waals surface area (Å²) >= 11 is 0. The molecule has 4 aromatic rings. The molecular formula is C29H30N4O. The van der Waals surface area contributed by atoms with Gasteiger partial charge in [-0.15, -0.1) is 0 Å². The summed E-state index contributed by atoms with van der Waals surface area (Å²) in [5, 5.41) is 2.25. The number of amides is 1. The van der Waals surface area contributed by atoms with Crippen molar-refractivity contribution in [2.24, 2.45) is 0 Å². The van der Waals surface area contributed by atoms with Crippen molar-refractivity contribution in [3.8, 4) is 0 Å². The Bertz CT molecular complexity index is 1340. The number of carbonyl (C=O) groups excluding carboxylic acids is 1. The van der Waals surface area contributed by atoms with Crippen molar-refractivity contribution in [1.82, 2.24) is 14.9 Å². The van der Waals surface area contributed by atoms with Crippen molar-refractivity contribution in [2.45, 2.75) is 27.2 Å². The highest BCUT2D eigenvalue weighted by Crippen LogP contribution is 2.26. The third kappa shape index (κ3) is 4.51. The Hall–Kier alpha value is -3.73. The minimum absolute atomic E-state index is 0.0975. The highest BCUT2D eigenvalue weighted by molar-refractivity contribution is 5.98. The summed E-state index contributed by atoms with van der Waals surface area (Å²) in [5.41, 5.74) is 5.46. The van der Waals surface area contributed by atoms with E-state index in [1.54, 1.807) is 0 Å². The van der Waals surface area contributed by atoms with Crippen LogP contribution in [-0.2, 0) is 6.42 Å². The van der Waals surface area contributed by atoms with E-state index in [-0.39, 0.29) is 5.91 Å². The fourth-order valence-corrected chi connectivity index (χ4v) is 4.72. The number of fused-ring (bicyclic) bond motifs is 1. The summed E-state index contributed by atoms with van der Waals surface area (Å²) in [6.07, 6.45) is 0.804. The molecule has 172 valence electrons. The fourth-order valence-electron chi connectivity index (χ4n) is 4.72. The Balaban J connectivity index is 1.33. The van der Waals surface area contributed by atoms with Gasteiger partial charge in [-0.25, -0.2) is 9.97 Å². The maximum Gasteiger partial charge on any atom is 0.253 e. The molecule has 0 saturated carbocycles. The standard InChI is InChI=1S/C29H30N4O/c1-20-8-10-23(11-9-20)18-27-21(2)30-22(3)31-28(27)32-14-16-33(17-15-32)29(34)26-13-12-24-6-4-5-7-25(24)19-26/h4-13,19H,14-18H2,1-3H3. The van der Waals surface area contributed by atoms with Gasteiger partial charge in [0, 0.05) is 49.4 Å². The molecule has 5 rings (SSSR count). The molecule has 5 heteroatoms. The van der Waals surface area contributed by atoms with Crippen molar-refractivity contribution >= 4 is 22.5 Å². The lowest BCUT2D eigenvalue weighted by Gasteiger charge is -2.36. The molecule has 0 spiro atoms. The minimum Gasteiger partial charge on any atom is -0.353 e. The van der Waals surface area contributed by atoms with Crippen LogP contribution in [0.5, 0.6) is 0 Å². The van der Waals surface area contributed by atoms with E-state index < -0.39 is 0 Å². The predicted octanol–water partition coefficient (Wildman–Crippen LogP) is 5.11. The van der Waals surface area contributed by atoms with E-state index >= 15 is 0 Å². The van der Waals surface area contributed by atoms with Crippen molar-refractivity contribution in [3.63, 3.8) is 0 Å². The number of benzene rings is 3. The molecule has 5 nitrogen and oxygen atoms in total. The van der Waals surface area contributed by atoms with Crippen LogP contribution in [-0.4, -0.2) is 47.0 Å². The SMILES string of the molecule is Cc1ccc(Cc2c(C)nc(C)nc2N2CCN(C(=O)c3ccc4ccccc4c3)CC2)cc1. The van der Waals surface area contributed by atoms with Crippen LogP contribution in [0.2, 0.25) is 0 Å². The first-order valence-electron chi connectivity index (χ1n) is 11.9. The summed E-state index contributed by atoms with van der Waals surface area (Å²) in [6.45, 7) is 9.00. The molecule has 0 N–H and O–H groups in total. The number of anilines is 1. The Kier molecular flexibility index (Phi) is 6.01. The first kappa shape index (κ1) is 22.1. The monoisotopic (exact) mass is 450 g/mol. The number of aromatic nitrogens is 2. The molecule has 1 aliphatic rings. The van der Waals surface area contributed by atoms with Crippen LogP contribution in [0.4, 0.5) is 5.82 Å². The van der Waals surface area contributed by atoms with Gasteiger partial charge >= 0.3 is 0 Å². The average molecular weight is 451 g/mol. The fraction of sp³-hybridized carbons (Fsp3) is 0.276. The summed E-state index contributed by atoms with van der Waals surface area (Å²) in [7, 11) is 0. The molecule has 1 amide bonds. The lowest BCUT2D eigenvalue weighted by molar-refractivity contribution is 0.0746. The molecule has 3 aromatic carbocycles. The van der Waals surface area contributed by atoms with Gasteiger partial charge in [0.05, 0.1) is 0 Å². The molecule has 1 saturated heterocycles.